The molecule has 0 unspecified atom stereocenters. The van der Waals surface area contributed by atoms with Crippen molar-refractivity contribution in [3.05, 3.63) is 18.2 Å². The predicted octanol–water partition coefficient (Wildman–Crippen LogP) is 1.28. The van der Waals surface area contributed by atoms with Crippen LogP contribution in [-0.2, 0) is 9.59 Å². The van der Waals surface area contributed by atoms with Crippen molar-refractivity contribution in [1.82, 2.24) is 19.4 Å². The fraction of sp³-hybridized carbons (Fsp3) is 0.667. The van der Waals surface area contributed by atoms with Gasteiger partial charge >= 0.3 is 0 Å². The van der Waals surface area contributed by atoms with Gasteiger partial charge in [0.1, 0.15) is 11.9 Å². The van der Waals surface area contributed by atoms with Crippen LogP contribution in [0.2, 0.25) is 0 Å². The standard InChI is InChI=1S/C15H22N4O2S/c1-11-16-5-7-18(11)13-4-3-6-17(8-13)15(21)14-9-22-10-19(14)12(2)20/h5,7,13-14H,3-4,6,8-10H2,1-2H3/t13-,14-/m0/s1. The maximum absolute atomic E-state index is 12.8. The predicted molar refractivity (Wildman–Crippen MR) is 85.4 cm³/mol. The number of aromatic nitrogens is 2. The molecule has 0 aromatic carbocycles. The smallest absolute Gasteiger partial charge is 0.246 e. The van der Waals surface area contributed by atoms with E-state index in [1.54, 1.807) is 29.8 Å². The first-order valence-electron chi connectivity index (χ1n) is 7.71. The summed E-state index contributed by atoms with van der Waals surface area (Å²) in [6.45, 7) is 5.03. The number of amides is 2. The summed E-state index contributed by atoms with van der Waals surface area (Å²) >= 11 is 1.65. The van der Waals surface area contributed by atoms with Crippen molar-refractivity contribution in [1.29, 1.82) is 0 Å². The van der Waals surface area contributed by atoms with Crippen LogP contribution in [0.3, 0.4) is 0 Å². The Morgan fingerprint density at radius 1 is 1.41 bits per heavy atom. The molecule has 2 saturated heterocycles. The zero-order chi connectivity index (χ0) is 15.7. The van der Waals surface area contributed by atoms with Gasteiger partial charge in [-0.3, -0.25) is 9.59 Å². The molecule has 6 nitrogen and oxygen atoms in total. The fourth-order valence-electron chi connectivity index (χ4n) is 3.32. The molecule has 3 heterocycles. The van der Waals surface area contributed by atoms with E-state index in [9.17, 15) is 9.59 Å². The Morgan fingerprint density at radius 3 is 2.91 bits per heavy atom. The monoisotopic (exact) mass is 322 g/mol. The molecule has 0 radical (unpaired) electrons. The molecule has 0 saturated carbocycles. The summed E-state index contributed by atoms with van der Waals surface area (Å²) in [6, 6.07) is 0.00479. The Kier molecular flexibility index (Phi) is 4.42. The van der Waals surface area contributed by atoms with Gasteiger partial charge in [-0.05, 0) is 19.8 Å². The molecule has 0 bridgehead atoms. The Hall–Kier alpha value is -1.50. The van der Waals surface area contributed by atoms with Crippen molar-refractivity contribution >= 4 is 23.6 Å². The summed E-state index contributed by atoms with van der Waals surface area (Å²) in [5, 5.41) is 0. The van der Waals surface area contributed by atoms with Crippen LogP contribution in [0.1, 0.15) is 31.6 Å². The molecule has 2 amide bonds. The fourth-order valence-corrected chi connectivity index (χ4v) is 4.53. The van der Waals surface area contributed by atoms with Gasteiger partial charge in [0.05, 0.1) is 11.9 Å². The second-order valence-electron chi connectivity index (χ2n) is 5.97. The number of piperidine rings is 1. The molecule has 0 aliphatic carbocycles. The topological polar surface area (TPSA) is 58.4 Å². The molecular formula is C15H22N4O2S. The lowest BCUT2D eigenvalue weighted by Gasteiger charge is -2.36. The lowest BCUT2D eigenvalue weighted by molar-refractivity contribution is -0.143. The number of imidazole rings is 1. The maximum Gasteiger partial charge on any atom is 0.246 e. The zero-order valence-electron chi connectivity index (χ0n) is 13.1. The van der Waals surface area contributed by atoms with Crippen LogP contribution < -0.4 is 0 Å². The number of aryl methyl sites for hydroxylation is 1. The Morgan fingerprint density at radius 2 is 2.23 bits per heavy atom. The van der Waals surface area contributed by atoms with Gasteiger partial charge in [-0.15, -0.1) is 11.8 Å². The molecule has 3 rings (SSSR count). The SMILES string of the molecule is CC(=O)N1CSC[C@H]1C(=O)N1CCC[C@H](n2ccnc2C)C1. The highest BCUT2D eigenvalue weighted by Crippen LogP contribution is 2.27. The van der Waals surface area contributed by atoms with Crippen LogP contribution in [0.4, 0.5) is 0 Å². The van der Waals surface area contributed by atoms with E-state index in [-0.39, 0.29) is 17.9 Å². The zero-order valence-corrected chi connectivity index (χ0v) is 13.9. The average molecular weight is 322 g/mol. The van der Waals surface area contributed by atoms with Crippen molar-refractivity contribution in [2.45, 2.75) is 38.8 Å². The summed E-state index contributed by atoms with van der Waals surface area (Å²) in [4.78, 5) is 32.4. The summed E-state index contributed by atoms with van der Waals surface area (Å²) in [6.07, 6.45) is 5.85. The summed E-state index contributed by atoms with van der Waals surface area (Å²) in [5.74, 6) is 2.42. The first-order valence-corrected chi connectivity index (χ1v) is 8.86. The third-order valence-electron chi connectivity index (χ3n) is 4.54. The lowest BCUT2D eigenvalue weighted by atomic mass is 10.0. The highest BCUT2D eigenvalue weighted by atomic mass is 32.2. The molecule has 2 atom stereocenters. The van der Waals surface area contributed by atoms with Gasteiger partial charge in [-0.25, -0.2) is 4.98 Å². The van der Waals surface area contributed by atoms with Gasteiger partial charge < -0.3 is 14.4 Å². The lowest BCUT2D eigenvalue weighted by Crippen LogP contribution is -2.51. The van der Waals surface area contributed by atoms with Crippen molar-refractivity contribution in [3.63, 3.8) is 0 Å². The molecule has 2 aliphatic rings. The van der Waals surface area contributed by atoms with Gasteiger partial charge in [0.15, 0.2) is 0 Å². The molecule has 120 valence electrons. The summed E-state index contributed by atoms with van der Waals surface area (Å²) in [5.41, 5.74) is 0. The minimum atomic E-state index is -0.287. The number of carbonyl (C=O) groups excluding carboxylic acids is 2. The summed E-state index contributed by atoms with van der Waals surface area (Å²) in [7, 11) is 0. The number of thioether (sulfide) groups is 1. The van der Waals surface area contributed by atoms with E-state index in [0.29, 0.717) is 24.2 Å². The quantitative estimate of drug-likeness (QED) is 0.823. The largest absolute Gasteiger partial charge is 0.339 e. The van der Waals surface area contributed by atoms with E-state index in [1.807, 2.05) is 18.0 Å². The van der Waals surface area contributed by atoms with Gasteiger partial charge in [0.25, 0.3) is 0 Å². The molecular weight excluding hydrogens is 300 g/mol. The molecule has 22 heavy (non-hydrogen) atoms. The Balaban J connectivity index is 1.70. The van der Waals surface area contributed by atoms with Crippen LogP contribution >= 0.6 is 11.8 Å². The highest BCUT2D eigenvalue weighted by Gasteiger charge is 2.37. The molecule has 2 aliphatic heterocycles. The second-order valence-corrected chi connectivity index (χ2v) is 6.97. The number of likely N-dealkylation sites (tertiary alicyclic amines) is 1. The number of nitrogens with zero attached hydrogens (tertiary/aromatic N) is 4. The molecule has 1 aromatic rings. The second kappa shape index (κ2) is 6.32. The van der Waals surface area contributed by atoms with E-state index < -0.39 is 0 Å². The third-order valence-corrected chi connectivity index (χ3v) is 5.55. The number of carbonyl (C=O) groups is 2. The number of hydrogen-bond acceptors (Lipinski definition) is 4. The van der Waals surface area contributed by atoms with Crippen molar-refractivity contribution < 1.29 is 9.59 Å². The van der Waals surface area contributed by atoms with Gasteiger partial charge in [0, 0.05) is 38.2 Å². The summed E-state index contributed by atoms with van der Waals surface area (Å²) < 4.78 is 2.16. The van der Waals surface area contributed by atoms with Gasteiger partial charge in [0.2, 0.25) is 11.8 Å². The van der Waals surface area contributed by atoms with Crippen LogP contribution in [0, 0.1) is 6.92 Å². The van der Waals surface area contributed by atoms with E-state index in [4.69, 9.17) is 0 Å². The Bertz CT molecular complexity index is 574. The maximum atomic E-state index is 12.8. The van der Waals surface area contributed by atoms with E-state index >= 15 is 0 Å². The number of hydrogen-bond donors (Lipinski definition) is 0. The minimum absolute atomic E-state index is 0.0117. The molecule has 0 N–H and O–H groups in total. The van der Waals surface area contributed by atoms with Crippen LogP contribution in [0.25, 0.3) is 0 Å². The molecule has 2 fully saturated rings. The van der Waals surface area contributed by atoms with Gasteiger partial charge in [-0.2, -0.15) is 0 Å². The first-order chi connectivity index (χ1) is 10.6. The molecule has 1 aromatic heterocycles. The van der Waals surface area contributed by atoms with Gasteiger partial charge in [-0.1, -0.05) is 0 Å². The van der Waals surface area contributed by atoms with Crippen molar-refractivity contribution in [2.75, 3.05) is 24.7 Å². The number of rotatable bonds is 2. The van der Waals surface area contributed by atoms with Crippen molar-refractivity contribution in [3.8, 4) is 0 Å². The normalized spacial score (nSPS) is 25.5. The van der Waals surface area contributed by atoms with Crippen molar-refractivity contribution in [2.24, 2.45) is 0 Å². The van der Waals surface area contributed by atoms with Crippen LogP contribution in [-0.4, -0.2) is 61.9 Å². The Labute approximate surface area is 134 Å². The van der Waals surface area contributed by atoms with E-state index in [1.165, 1.54) is 0 Å². The van der Waals surface area contributed by atoms with Crippen LogP contribution in [0.15, 0.2) is 12.4 Å². The minimum Gasteiger partial charge on any atom is -0.339 e. The average Bonchev–Trinajstić information content (AvgIpc) is 3.15. The highest BCUT2D eigenvalue weighted by molar-refractivity contribution is 7.99. The first kappa shape index (κ1) is 15.4. The van der Waals surface area contributed by atoms with Crippen LogP contribution in [0.5, 0.6) is 0 Å². The molecule has 0 spiro atoms. The molecule has 7 heteroatoms. The van der Waals surface area contributed by atoms with E-state index in [0.717, 1.165) is 25.2 Å². The third kappa shape index (κ3) is 2.86. The van der Waals surface area contributed by atoms with E-state index in [2.05, 4.69) is 9.55 Å².